The van der Waals surface area contributed by atoms with Gasteiger partial charge in [-0.3, -0.25) is 0 Å². The van der Waals surface area contributed by atoms with Gasteiger partial charge in [-0.15, -0.1) is 11.3 Å². The van der Waals surface area contributed by atoms with Crippen LogP contribution in [0.5, 0.6) is 0 Å². The molecule has 4 heteroatoms. The maximum absolute atomic E-state index is 13.6. The predicted octanol–water partition coefficient (Wildman–Crippen LogP) is 4.04. The first-order chi connectivity index (χ1) is 10.1. The van der Waals surface area contributed by atoms with E-state index < -0.39 is 0 Å². The summed E-state index contributed by atoms with van der Waals surface area (Å²) in [7, 11) is 0. The van der Waals surface area contributed by atoms with Gasteiger partial charge in [-0.25, -0.2) is 4.39 Å². The number of benzene rings is 1. The van der Waals surface area contributed by atoms with Crippen LogP contribution in [0.4, 0.5) is 10.1 Å². The molecule has 0 aliphatic carbocycles. The van der Waals surface area contributed by atoms with Crippen LogP contribution in [0.25, 0.3) is 0 Å². The van der Waals surface area contributed by atoms with Crippen LogP contribution in [0.3, 0.4) is 0 Å². The largest absolute Gasteiger partial charge is 0.361 e. The van der Waals surface area contributed by atoms with Gasteiger partial charge in [0.05, 0.1) is 6.04 Å². The smallest absolute Gasteiger partial charge is 0.125 e. The topological polar surface area (TPSA) is 29.3 Å². The second-order valence-corrected chi connectivity index (χ2v) is 6.65. The van der Waals surface area contributed by atoms with Crippen molar-refractivity contribution in [3.05, 3.63) is 51.5 Å². The molecule has 0 spiro atoms. The zero-order chi connectivity index (χ0) is 15.0. The molecule has 21 heavy (non-hydrogen) atoms. The lowest BCUT2D eigenvalue weighted by atomic mass is 10.0. The molecule has 2 aromatic rings. The van der Waals surface area contributed by atoms with Crippen molar-refractivity contribution < 1.29 is 4.39 Å². The molecule has 2 N–H and O–H groups in total. The summed E-state index contributed by atoms with van der Waals surface area (Å²) in [6.07, 6.45) is 1.87. The van der Waals surface area contributed by atoms with Crippen molar-refractivity contribution in [3.63, 3.8) is 0 Å². The number of halogens is 1. The molecule has 0 saturated carbocycles. The summed E-state index contributed by atoms with van der Waals surface area (Å²) in [5.41, 5.74) is 9.93. The van der Waals surface area contributed by atoms with E-state index in [0.717, 1.165) is 25.1 Å². The molecule has 1 aromatic carbocycles. The van der Waals surface area contributed by atoms with Crippen molar-refractivity contribution in [2.45, 2.75) is 38.8 Å². The Morgan fingerprint density at radius 3 is 2.86 bits per heavy atom. The van der Waals surface area contributed by atoms with Gasteiger partial charge in [0.2, 0.25) is 0 Å². The normalized spacial score (nSPS) is 16.9. The van der Waals surface area contributed by atoms with Crippen LogP contribution < -0.4 is 10.6 Å². The molecule has 1 aliphatic heterocycles. The molecule has 1 aliphatic rings. The number of anilines is 1. The van der Waals surface area contributed by atoms with Crippen LogP contribution in [0.1, 0.15) is 35.4 Å². The monoisotopic (exact) mass is 304 g/mol. The van der Waals surface area contributed by atoms with Gasteiger partial charge < -0.3 is 10.6 Å². The maximum Gasteiger partial charge on any atom is 0.125 e. The summed E-state index contributed by atoms with van der Waals surface area (Å²) in [6, 6.07) is 7.43. The van der Waals surface area contributed by atoms with Crippen LogP contribution in [0.2, 0.25) is 0 Å². The maximum atomic E-state index is 13.6. The van der Waals surface area contributed by atoms with Crippen molar-refractivity contribution in [2.24, 2.45) is 5.73 Å². The molecule has 0 saturated heterocycles. The minimum atomic E-state index is -0.174. The zero-order valence-electron chi connectivity index (χ0n) is 12.5. The zero-order valence-corrected chi connectivity index (χ0v) is 13.3. The van der Waals surface area contributed by atoms with Gasteiger partial charge >= 0.3 is 0 Å². The Morgan fingerprint density at radius 1 is 1.38 bits per heavy atom. The second kappa shape index (κ2) is 5.78. The number of thiophene rings is 1. The van der Waals surface area contributed by atoms with E-state index >= 15 is 0 Å². The van der Waals surface area contributed by atoms with E-state index in [0.29, 0.717) is 0 Å². The van der Waals surface area contributed by atoms with Crippen molar-refractivity contribution in [2.75, 3.05) is 11.4 Å². The lowest BCUT2D eigenvalue weighted by Gasteiger charge is -2.34. The molecule has 2 nitrogen and oxygen atoms in total. The third kappa shape index (κ3) is 2.58. The summed E-state index contributed by atoms with van der Waals surface area (Å²) in [6.45, 7) is 5.15. The van der Waals surface area contributed by atoms with Gasteiger partial charge in [0.1, 0.15) is 5.82 Å². The van der Waals surface area contributed by atoms with Crippen LogP contribution in [0, 0.1) is 12.7 Å². The first-order valence-electron chi connectivity index (χ1n) is 7.46. The van der Waals surface area contributed by atoms with E-state index in [4.69, 9.17) is 5.73 Å². The Kier molecular flexibility index (Phi) is 4.00. The fourth-order valence-corrected chi connectivity index (χ4v) is 4.26. The number of aryl methyl sites for hydroxylation is 1. The Bertz CT molecular complexity index is 637. The van der Waals surface area contributed by atoms with E-state index in [1.165, 1.54) is 16.0 Å². The average Bonchev–Trinajstić information content (AvgIpc) is 3.07. The molecule has 0 radical (unpaired) electrons. The van der Waals surface area contributed by atoms with Gasteiger partial charge in [0, 0.05) is 23.2 Å². The highest BCUT2D eigenvalue weighted by molar-refractivity contribution is 7.10. The van der Waals surface area contributed by atoms with Crippen molar-refractivity contribution in [1.29, 1.82) is 0 Å². The lowest BCUT2D eigenvalue weighted by Crippen LogP contribution is -2.40. The molecule has 1 aromatic heterocycles. The molecule has 112 valence electrons. The molecule has 0 amide bonds. The average molecular weight is 304 g/mol. The fraction of sp³-hybridized carbons (Fsp3) is 0.412. The molecule has 2 atom stereocenters. The number of rotatable bonds is 4. The highest BCUT2D eigenvalue weighted by Crippen LogP contribution is 2.40. The Morgan fingerprint density at radius 2 is 2.19 bits per heavy atom. The van der Waals surface area contributed by atoms with Crippen LogP contribution >= 0.6 is 11.3 Å². The van der Waals surface area contributed by atoms with E-state index in [-0.39, 0.29) is 17.9 Å². The SMILES string of the molecule is CCC(N)C(c1sccc1C)N1CCc2ccc(F)cc21. The van der Waals surface area contributed by atoms with E-state index in [2.05, 4.69) is 30.2 Å². The Balaban J connectivity index is 2.04. The first-order valence-corrected chi connectivity index (χ1v) is 8.34. The van der Waals surface area contributed by atoms with Gasteiger partial charge in [-0.1, -0.05) is 13.0 Å². The highest BCUT2D eigenvalue weighted by Gasteiger charge is 2.32. The molecule has 3 rings (SSSR count). The molecule has 2 unspecified atom stereocenters. The first kappa shape index (κ1) is 14.5. The highest BCUT2D eigenvalue weighted by atomic mass is 32.1. The van der Waals surface area contributed by atoms with Gasteiger partial charge in [-0.05, 0) is 54.5 Å². The quantitative estimate of drug-likeness (QED) is 0.924. The van der Waals surface area contributed by atoms with Gasteiger partial charge in [0.25, 0.3) is 0 Å². The predicted molar refractivity (Wildman–Crippen MR) is 87.5 cm³/mol. The minimum Gasteiger partial charge on any atom is -0.361 e. The van der Waals surface area contributed by atoms with E-state index in [1.54, 1.807) is 23.5 Å². The van der Waals surface area contributed by atoms with Crippen molar-refractivity contribution in [3.8, 4) is 0 Å². The van der Waals surface area contributed by atoms with Crippen LogP contribution in [0.15, 0.2) is 29.6 Å². The second-order valence-electron chi connectivity index (χ2n) is 5.70. The summed E-state index contributed by atoms with van der Waals surface area (Å²) in [4.78, 5) is 3.60. The molecule has 0 fully saturated rings. The van der Waals surface area contributed by atoms with Gasteiger partial charge in [0.15, 0.2) is 0 Å². The summed E-state index contributed by atoms with van der Waals surface area (Å²) in [5.74, 6) is -0.174. The number of hydrogen-bond donors (Lipinski definition) is 1. The summed E-state index contributed by atoms with van der Waals surface area (Å²) in [5, 5.41) is 2.11. The summed E-state index contributed by atoms with van der Waals surface area (Å²) >= 11 is 1.75. The van der Waals surface area contributed by atoms with Crippen LogP contribution in [-0.4, -0.2) is 12.6 Å². The molecule has 0 bridgehead atoms. The minimum absolute atomic E-state index is 0.0524. The Labute approximate surface area is 129 Å². The Hall–Kier alpha value is -1.39. The molecule has 2 heterocycles. The summed E-state index contributed by atoms with van der Waals surface area (Å²) < 4.78 is 13.6. The van der Waals surface area contributed by atoms with E-state index in [9.17, 15) is 4.39 Å². The van der Waals surface area contributed by atoms with E-state index in [1.807, 2.05) is 6.07 Å². The fourth-order valence-electron chi connectivity index (χ4n) is 3.14. The number of fused-ring (bicyclic) bond motifs is 1. The van der Waals surface area contributed by atoms with Crippen molar-refractivity contribution >= 4 is 17.0 Å². The standard InChI is InChI=1S/C17H21FN2S/c1-3-14(19)16(17-11(2)7-9-21-17)20-8-6-12-4-5-13(18)10-15(12)20/h4-5,7,9-10,14,16H,3,6,8,19H2,1-2H3. The van der Waals surface area contributed by atoms with Crippen molar-refractivity contribution in [1.82, 2.24) is 0 Å². The number of nitrogens with zero attached hydrogens (tertiary/aromatic N) is 1. The number of nitrogens with two attached hydrogens (primary N) is 1. The lowest BCUT2D eigenvalue weighted by molar-refractivity contribution is 0.502. The molecular formula is C17H21FN2S. The third-order valence-electron chi connectivity index (χ3n) is 4.36. The third-order valence-corrected chi connectivity index (χ3v) is 5.45. The van der Waals surface area contributed by atoms with Gasteiger partial charge in [-0.2, -0.15) is 0 Å². The number of hydrogen-bond acceptors (Lipinski definition) is 3. The molecular weight excluding hydrogens is 283 g/mol. The van der Waals surface area contributed by atoms with Crippen LogP contribution in [-0.2, 0) is 6.42 Å².